The average molecular weight is 331 g/mol. The number of amides is 2. The van der Waals surface area contributed by atoms with Gasteiger partial charge in [-0.1, -0.05) is 13.0 Å². The third kappa shape index (κ3) is 3.38. The normalized spacial score (nSPS) is 27.0. The molecule has 0 spiro atoms. The third-order valence-corrected chi connectivity index (χ3v) is 4.90. The van der Waals surface area contributed by atoms with Crippen LogP contribution >= 0.6 is 0 Å². The molecule has 0 radical (unpaired) electrons. The Balaban J connectivity index is 1.69. The number of benzene rings is 1. The molecule has 2 aliphatic rings. The summed E-state index contributed by atoms with van der Waals surface area (Å²) >= 11 is 0. The molecule has 0 bridgehead atoms. The summed E-state index contributed by atoms with van der Waals surface area (Å²) in [6, 6.07) is 5.63. The van der Waals surface area contributed by atoms with Gasteiger partial charge < -0.3 is 21.1 Å². The minimum absolute atomic E-state index is 0.0140. The van der Waals surface area contributed by atoms with Crippen molar-refractivity contribution in [1.29, 1.82) is 0 Å². The van der Waals surface area contributed by atoms with Crippen LogP contribution in [-0.4, -0.2) is 24.0 Å². The van der Waals surface area contributed by atoms with E-state index >= 15 is 0 Å². The highest BCUT2D eigenvalue weighted by Gasteiger charge is 2.29. The van der Waals surface area contributed by atoms with Crippen LogP contribution in [0.15, 0.2) is 18.2 Å². The van der Waals surface area contributed by atoms with E-state index in [4.69, 9.17) is 10.5 Å². The van der Waals surface area contributed by atoms with E-state index in [1.54, 1.807) is 0 Å². The Bertz CT molecular complexity index is 646. The van der Waals surface area contributed by atoms with Crippen LogP contribution in [0, 0.1) is 5.92 Å². The molecule has 6 heteroatoms. The molecule has 2 amide bonds. The summed E-state index contributed by atoms with van der Waals surface area (Å²) < 4.78 is 5.76. The lowest BCUT2D eigenvalue weighted by molar-refractivity contribution is -0.125. The Hall–Kier alpha value is -2.08. The van der Waals surface area contributed by atoms with Crippen molar-refractivity contribution in [3.05, 3.63) is 23.8 Å². The Morgan fingerprint density at radius 3 is 2.92 bits per heavy atom. The van der Waals surface area contributed by atoms with Crippen LogP contribution in [-0.2, 0) is 9.59 Å². The van der Waals surface area contributed by atoms with Gasteiger partial charge in [0.25, 0.3) is 5.91 Å². The molecule has 1 aliphatic carbocycles. The van der Waals surface area contributed by atoms with Crippen molar-refractivity contribution in [3.63, 3.8) is 0 Å². The lowest BCUT2D eigenvalue weighted by Gasteiger charge is -2.26. The standard InChI is InChI=1S/C18H25N3O3/c1-3-15-18(23)21-14-7-5-11(9-16(14)24-15)10(2)20-17(22)12-4-6-13(19)8-12/h5,7,9-10,12-13,15H,3-4,6,8,19H2,1-2H3,(H,20,22)(H,21,23). The first-order chi connectivity index (χ1) is 11.5. The van der Waals surface area contributed by atoms with Gasteiger partial charge in [0.05, 0.1) is 11.7 Å². The van der Waals surface area contributed by atoms with Crippen LogP contribution in [0.1, 0.15) is 51.1 Å². The van der Waals surface area contributed by atoms with Gasteiger partial charge in [0.2, 0.25) is 5.91 Å². The van der Waals surface area contributed by atoms with Gasteiger partial charge in [0, 0.05) is 12.0 Å². The lowest BCUT2D eigenvalue weighted by atomic mass is 10.0. The monoisotopic (exact) mass is 331 g/mol. The summed E-state index contributed by atoms with van der Waals surface area (Å²) in [6.07, 6.45) is 2.69. The number of fused-ring (bicyclic) bond motifs is 1. The van der Waals surface area contributed by atoms with Gasteiger partial charge in [-0.3, -0.25) is 9.59 Å². The molecule has 1 aromatic carbocycles. The maximum atomic E-state index is 12.3. The number of hydrogen-bond donors (Lipinski definition) is 3. The van der Waals surface area contributed by atoms with Gasteiger partial charge in [0.1, 0.15) is 5.75 Å². The van der Waals surface area contributed by atoms with Crippen LogP contribution in [0.4, 0.5) is 5.69 Å². The SMILES string of the molecule is CCC1Oc2cc(C(C)NC(=O)C3CCC(N)C3)ccc2NC1=O. The Morgan fingerprint density at radius 2 is 2.25 bits per heavy atom. The topological polar surface area (TPSA) is 93.4 Å². The Kier molecular flexibility index (Phi) is 4.76. The first kappa shape index (κ1) is 16.8. The molecule has 0 saturated heterocycles. The van der Waals surface area contributed by atoms with Gasteiger partial charge in [-0.05, 0) is 50.3 Å². The summed E-state index contributed by atoms with van der Waals surface area (Å²) in [5, 5.41) is 5.91. The second kappa shape index (κ2) is 6.81. The van der Waals surface area contributed by atoms with E-state index in [1.165, 1.54) is 0 Å². The zero-order valence-electron chi connectivity index (χ0n) is 14.2. The summed E-state index contributed by atoms with van der Waals surface area (Å²) in [4.78, 5) is 24.2. The lowest BCUT2D eigenvalue weighted by Crippen LogP contribution is -2.36. The summed E-state index contributed by atoms with van der Waals surface area (Å²) in [6.45, 7) is 3.86. The van der Waals surface area contributed by atoms with E-state index in [2.05, 4.69) is 10.6 Å². The zero-order chi connectivity index (χ0) is 17.3. The van der Waals surface area contributed by atoms with Crippen LogP contribution in [0.2, 0.25) is 0 Å². The highest BCUT2D eigenvalue weighted by atomic mass is 16.5. The van der Waals surface area contributed by atoms with E-state index in [1.807, 2.05) is 32.0 Å². The average Bonchev–Trinajstić information content (AvgIpc) is 3.00. The first-order valence-electron chi connectivity index (χ1n) is 8.65. The molecule has 4 N–H and O–H groups in total. The minimum atomic E-state index is -0.461. The fourth-order valence-electron chi connectivity index (χ4n) is 3.37. The van der Waals surface area contributed by atoms with E-state index in [9.17, 15) is 9.59 Å². The van der Waals surface area contributed by atoms with Gasteiger partial charge in [-0.25, -0.2) is 0 Å². The Labute approximate surface area is 142 Å². The van der Waals surface area contributed by atoms with E-state index < -0.39 is 6.10 Å². The zero-order valence-corrected chi connectivity index (χ0v) is 14.2. The van der Waals surface area contributed by atoms with Crippen molar-refractivity contribution in [3.8, 4) is 5.75 Å². The fourth-order valence-corrected chi connectivity index (χ4v) is 3.37. The van der Waals surface area contributed by atoms with E-state index in [0.29, 0.717) is 17.9 Å². The largest absolute Gasteiger partial charge is 0.478 e. The molecule has 4 atom stereocenters. The number of nitrogens with two attached hydrogens (primary N) is 1. The van der Waals surface area contributed by atoms with Crippen LogP contribution in [0.3, 0.4) is 0 Å². The number of hydrogen-bond acceptors (Lipinski definition) is 4. The van der Waals surface area contributed by atoms with Gasteiger partial charge >= 0.3 is 0 Å². The molecule has 6 nitrogen and oxygen atoms in total. The van der Waals surface area contributed by atoms with Crippen LogP contribution in [0.5, 0.6) is 5.75 Å². The summed E-state index contributed by atoms with van der Waals surface area (Å²) in [7, 11) is 0. The molecular formula is C18H25N3O3. The van der Waals surface area contributed by atoms with E-state index in [0.717, 1.165) is 24.8 Å². The van der Waals surface area contributed by atoms with Gasteiger partial charge in [-0.2, -0.15) is 0 Å². The van der Waals surface area contributed by atoms with Crippen LogP contribution in [0.25, 0.3) is 0 Å². The van der Waals surface area contributed by atoms with Crippen molar-refractivity contribution in [2.75, 3.05) is 5.32 Å². The second-order valence-electron chi connectivity index (χ2n) is 6.76. The number of rotatable bonds is 4. The number of ether oxygens (including phenoxy) is 1. The van der Waals surface area contributed by atoms with Crippen molar-refractivity contribution in [1.82, 2.24) is 5.32 Å². The Morgan fingerprint density at radius 1 is 1.46 bits per heavy atom. The minimum Gasteiger partial charge on any atom is -0.478 e. The maximum absolute atomic E-state index is 12.3. The molecule has 1 heterocycles. The van der Waals surface area contributed by atoms with Crippen molar-refractivity contribution in [2.24, 2.45) is 11.7 Å². The molecule has 4 unspecified atom stereocenters. The molecule has 3 rings (SSSR count). The fraction of sp³-hybridized carbons (Fsp3) is 0.556. The number of nitrogens with one attached hydrogen (secondary N) is 2. The predicted molar refractivity (Wildman–Crippen MR) is 91.7 cm³/mol. The van der Waals surface area contributed by atoms with Crippen molar-refractivity contribution >= 4 is 17.5 Å². The first-order valence-corrected chi connectivity index (χ1v) is 8.65. The predicted octanol–water partition coefficient (Wildman–Crippen LogP) is 2.10. The van der Waals surface area contributed by atoms with Crippen LogP contribution < -0.4 is 21.1 Å². The van der Waals surface area contributed by atoms with Crippen molar-refractivity contribution in [2.45, 2.75) is 57.7 Å². The molecule has 0 aromatic heterocycles. The van der Waals surface area contributed by atoms with Crippen molar-refractivity contribution < 1.29 is 14.3 Å². The smallest absolute Gasteiger partial charge is 0.265 e. The number of carbonyl (C=O) groups excluding carboxylic acids is 2. The molecule has 130 valence electrons. The second-order valence-corrected chi connectivity index (χ2v) is 6.76. The summed E-state index contributed by atoms with van der Waals surface area (Å²) in [5.41, 5.74) is 7.52. The molecule has 1 aliphatic heterocycles. The quantitative estimate of drug-likeness (QED) is 0.787. The molecule has 1 saturated carbocycles. The molecule has 1 aromatic rings. The highest BCUT2D eigenvalue weighted by Crippen LogP contribution is 2.33. The molecule has 1 fully saturated rings. The van der Waals surface area contributed by atoms with E-state index in [-0.39, 0.29) is 29.8 Å². The number of carbonyl (C=O) groups is 2. The highest BCUT2D eigenvalue weighted by molar-refractivity contribution is 5.97. The maximum Gasteiger partial charge on any atom is 0.265 e. The van der Waals surface area contributed by atoms with Gasteiger partial charge in [0.15, 0.2) is 6.10 Å². The summed E-state index contributed by atoms with van der Waals surface area (Å²) in [5.74, 6) is 0.619. The number of anilines is 1. The van der Waals surface area contributed by atoms with Gasteiger partial charge in [-0.15, -0.1) is 0 Å². The third-order valence-electron chi connectivity index (χ3n) is 4.90. The molecule has 24 heavy (non-hydrogen) atoms. The molecular weight excluding hydrogens is 306 g/mol.